The maximum absolute atomic E-state index is 13.4. The molecular weight excluding hydrogens is 242 g/mol. The highest BCUT2D eigenvalue weighted by Gasteiger charge is 2.45. The molecule has 0 bridgehead atoms. The first-order valence-electron chi connectivity index (χ1n) is 5.78. The third-order valence-electron chi connectivity index (χ3n) is 3.62. The maximum Gasteiger partial charge on any atom is 0.314 e. The summed E-state index contributed by atoms with van der Waals surface area (Å²) in [6.07, 6.45) is 2.36. The molecule has 0 spiro atoms. The van der Waals surface area contributed by atoms with Gasteiger partial charge in [-0.2, -0.15) is 0 Å². The SMILES string of the molecule is COc1cc(F)c(F)cc1C1(C(=O)O)CCCC1. The summed E-state index contributed by atoms with van der Waals surface area (Å²) < 4.78 is 31.5. The summed E-state index contributed by atoms with van der Waals surface area (Å²) in [5.74, 6) is -2.99. The second-order valence-electron chi connectivity index (χ2n) is 4.56. The Morgan fingerprint density at radius 3 is 2.33 bits per heavy atom. The zero-order valence-corrected chi connectivity index (χ0v) is 10.0. The number of carboxylic acids is 1. The number of aliphatic carboxylic acids is 1. The van der Waals surface area contributed by atoms with Crippen LogP contribution in [-0.4, -0.2) is 18.2 Å². The number of methoxy groups -OCH3 is 1. The number of benzene rings is 1. The van der Waals surface area contributed by atoms with Gasteiger partial charge in [-0.1, -0.05) is 12.8 Å². The second-order valence-corrected chi connectivity index (χ2v) is 4.56. The van der Waals surface area contributed by atoms with Crippen molar-refractivity contribution in [3.05, 3.63) is 29.3 Å². The van der Waals surface area contributed by atoms with Crippen molar-refractivity contribution in [1.82, 2.24) is 0 Å². The van der Waals surface area contributed by atoms with Crippen LogP contribution in [0, 0.1) is 11.6 Å². The molecule has 3 nitrogen and oxygen atoms in total. The first kappa shape index (κ1) is 12.8. The van der Waals surface area contributed by atoms with Crippen molar-refractivity contribution in [3.63, 3.8) is 0 Å². The molecular formula is C13H14F2O3. The Morgan fingerprint density at radius 2 is 1.83 bits per heavy atom. The molecule has 18 heavy (non-hydrogen) atoms. The van der Waals surface area contributed by atoms with Crippen LogP contribution in [-0.2, 0) is 10.2 Å². The smallest absolute Gasteiger partial charge is 0.314 e. The monoisotopic (exact) mass is 256 g/mol. The Labute approximate surface area is 103 Å². The summed E-state index contributed by atoms with van der Waals surface area (Å²) in [6.45, 7) is 0. The minimum absolute atomic E-state index is 0.0956. The van der Waals surface area contributed by atoms with Gasteiger partial charge in [0.15, 0.2) is 11.6 Å². The first-order chi connectivity index (χ1) is 8.51. The molecule has 98 valence electrons. The van der Waals surface area contributed by atoms with Gasteiger partial charge < -0.3 is 9.84 Å². The summed E-state index contributed by atoms with van der Waals surface area (Å²) >= 11 is 0. The van der Waals surface area contributed by atoms with Gasteiger partial charge in [-0.15, -0.1) is 0 Å². The van der Waals surface area contributed by atoms with Crippen LogP contribution < -0.4 is 4.74 Å². The molecule has 0 aliphatic heterocycles. The summed E-state index contributed by atoms with van der Waals surface area (Å²) in [4.78, 5) is 11.5. The van der Waals surface area contributed by atoms with E-state index in [1.807, 2.05) is 0 Å². The predicted octanol–water partition coefficient (Wildman–Crippen LogP) is 2.87. The normalized spacial score (nSPS) is 17.7. The Balaban J connectivity index is 2.61. The number of hydrogen-bond donors (Lipinski definition) is 1. The Morgan fingerprint density at radius 1 is 1.28 bits per heavy atom. The first-order valence-corrected chi connectivity index (χ1v) is 5.78. The summed E-state index contributed by atoms with van der Waals surface area (Å²) in [5, 5.41) is 9.43. The second kappa shape index (κ2) is 4.55. The van der Waals surface area contributed by atoms with Crippen LogP contribution in [0.25, 0.3) is 0 Å². The average molecular weight is 256 g/mol. The highest BCUT2D eigenvalue weighted by molar-refractivity contribution is 5.83. The van der Waals surface area contributed by atoms with Crippen LogP contribution in [0.5, 0.6) is 5.75 Å². The molecule has 0 atom stereocenters. The van der Waals surface area contributed by atoms with Crippen LogP contribution in [0.3, 0.4) is 0 Å². The molecule has 2 rings (SSSR count). The lowest BCUT2D eigenvalue weighted by Crippen LogP contribution is -2.33. The average Bonchev–Trinajstić information content (AvgIpc) is 2.82. The fraction of sp³-hybridized carbons (Fsp3) is 0.462. The largest absolute Gasteiger partial charge is 0.496 e. The minimum atomic E-state index is -1.15. The van der Waals surface area contributed by atoms with E-state index in [4.69, 9.17) is 4.74 Å². The molecule has 0 saturated heterocycles. The van der Waals surface area contributed by atoms with Crippen molar-refractivity contribution >= 4 is 5.97 Å². The lowest BCUT2D eigenvalue weighted by Gasteiger charge is -2.26. The lowest BCUT2D eigenvalue weighted by molar-refractivity contribution is -0.143. The van der Waals surface area contributed by atoms with Crippen molar-refractivity contribution in [3.8, 4) is 5.75 Å². The van der Waals surface area contributed by atoms with E-state index in [0.717, 1.165) is 25.0 Å². The van der Waals surface area contributed by atoms with E-state index in [9.17, 15) is 18.7 Å². The van der Waals surface area contributed by atoms with Gasteiger partial charge in [0, 0.05) is 11.6 Å². The topological polar surface area (TPSA) is 46.5 Å². The zero-order chi connectivity index (χ0) is 13.3. The van der Waals surface area contributed by atoms with E-state index in [-0.39, 0.29) is 11.3 Å². The molecule has 0 aromatic heterocycles. The fourth-order valence-corrected chi connectivity index (χ4v) is 2.65. The number of ether oxygens (including phenoxy) is 1. The van der Waals surface area contributed by atoms with Crippen LogP contribution in [0.15, 0.2) is 12.1 Å². The molecule has 5 heteroatoms. The predicted molar refractivity (Wildman–Crippen MR) is 60.7 cm³/mol. The van der Waals surface area contributed by atoms with Crippen molar-refractivity contribution in [2.24, 2.45) is 0 Å². The van der Waals surface area contributed by atoms with E-state index in [0.29, 0.717) is 12.8 Å². The van der Waals surface area contributed by atoms with Crippen LogP contribution in [0.2, 0.25) is 0 Å². The van der Waals surface area contributed by atoms with Crippen LogP contribution in [0.4, 0.5) is 8.78 Å². The molecule has 1 aliphatic carbocycles. The third kappa shape index (κ3) is 1.83. The van der Waals surface area contributed by atoms with E-state index in [1.54, 1.807) is 0 Å². The number of rotatable bonds is 3. The van der Waals surface area contributed by atoms with Crippen molar-refractivity contribution in [2.45, 2.75) is 31.1 Å². The van der Waals surface area contributed by atoms with Crippen molar-refractivity contribution in [2.75, 3.05) is 7.11 Å². The molecule has 1 aromatic carbocycles. The Bertz CT molecular complexity index is 479. The molecule has 0 unspecified atom stereocenters. The minimum Gasteiger partial charge on any atom is -0.496 e. The highest BCUT2D eigenvalue weighted by Crippen LogP contribution is 2.45. The zero-order valence-electron chi connectivity index (χ0n) is 10.0. The van der Waals surface area contributed by atoms with Gasteiger partial charge in [0.25, 0.3) is 0 Å². The van der Waals surface area contributed by atoms with Gasteiger partial charge in [-0.05, 0) is 18.9 Å². The molecule has 0 radical (unpaired) electrons. The van der Waals surface area contributed by atoms with E-state index >= 15 is 0 Å². The van der Waals surface area contributed by atoms with Gasteiger partial charge in [0.2, 0.25) is 0 Å². The van der Waals surface area contributed by atoms with Crippen molar-refractivity contribution < 1.29 is 23.4 Å². The summed E-state index contributed by atoms with van der Waals surface area (Å²) in [7, 11) is 1.32. The number of hydrogen-bond acceptors (Lipinski definition) is 2. The van der Waals surface area contributed by atoms with E-state index in [2.05, 4.69) is 0 Å². The molecule has 1 aliphatic rings. The molecule has 1 saturated carbocycles. The van der Waals surface area contributed by atoms with Gasteiger partial charge in [-0.25, -0.2) is 8.78 Å². The van der Waals surface area contributed by atoms with E-state index in [1.165, 1.54) is 7.11 Å². The number of carboxylic acid groups (broad SMARTS) is 1. The standard InChI is InChI=1S/C13H14F2O3/c1-18-11-7-10(15)9(14)6-8(11)13(12(16)17)4-2-3-5-13/h6-7H,2-5H2,1H3,(H,16,17). The molecule has 1 aromatic rings. The molecule has 1 N–H and O–H groups in total. The van der Waals surface area contributed by atoms with Gasteiger partial charge >= 0.3 is 5.97 Å². The third-order valence-corrected chi connectivity index (χ3v) is 3.62. The molecule has 0 amide bonds. The maximum atomic E-state index is 13.4. The number of carbonyl (C=O) groups is 1. The Hall–Kier alpha value is -1.65. The van der Waals surface area contributed by atoms with E-state index < -0.39 is 23.0 Å². The fourth-order valence-electron chi connectivity index (χ4n) is 2.65. The Kier molecular flexibility index (Phi) is 3.24. The summed E-state index contributed by atoms with van der Waals surface area (Å²) in [5.41, 5.74) is -0.922. The van der Waals surface area contributed by atoms with Crippen LogP contribution >= 0.6 is 0 Å². The highest BCUT2D eigenvalue weighted by atomic mass is 19.2. The molecule has 0 heterocycles. The van der Waals surface area contributed by atoms with Crippen LogP contribution in [0.1, 0.15) is 31.2 Å². The summed E-state index contributed by atoms with van der Waals surface area (Å²) in [6, 6.07) is 1.86. The van der Waals surface area contributed by atoms with Gasteiger partial charge in [-0.3, -0.25) is 4.79 Å². The molecule has 1 fully saturated rings. The van der Waals surface area contributed by atoms with Crippen molar-refractivity contribution in [1.29, 1.82) is 0 Å². The lowest BCUT2D eigenvalue weighted by atomic mass is 9.78. The van der Waals surface area contributed by atoms with Gasteiger partial charge in [0.05, 0.1) is 12.5 Å². The van der Waals surface area contributed by atoms with Gasteiger partial charge in [0.1, 0.15) is 5.75 Å². The number of halogens is 2. The quantitative estimate of drug-likeness (QED) is 0.904.